The molecule has 4 aliphatic rings. The first-order chi connectivity index (χ1) is 12.7. The van der Waals surface area contributed by atoms with Gasteiger partial charge in [0.2, 0.25) is 5.91 Å². The Labute approximate surface area is 155 Å². The number of morpholine rings is 1. The molecular weight excluding hydrogens is 336 g/mol. The van der Waals surface area contributed by atoms with Gasteiger partial charge in [-0.3, -0.25) is 4.79 Å². The SMILES string of the molecule is O=C(CC1CC2OC(CNC3CCCCC3)C(O)C2O1)N1CCOCC1. The van der Waals surface area contributed by atoms with Crippen molar-refractivity contribution in [1.82, 2.24) is 10.2 Å². The topological polar surface area (TPSA) is 80.3 Å². The Bertz CT molecular complexity index is 479. The van der Waals surface area contributed by atoms with E-state index in [0.717, 1.165) is 0 Å². The van der Waals surface area contributed by atoms with E-state index in [1.807, 2.05) is 4.90 Å². The fourth-order valence-electron chi connectivity index (χ4n) is 4.74. The van der Waals surface area contributed by atoms with Crippen LogP contribution >= 0.6 is 0 Å². The fraction of sp³-hybridized carbons (Fsp3) is 0.947. The Morgan fingerprint density at radius 2 is 1.88 bits per heavy atom. The number of ether oxygens (including phenoxy) is 3. The highest BCUT2D eigenvalue weighted by molar-refractivity contribution is 5.76. The number of hydrogen-bond acceptors (Lipinski definition) is 6. The summed E-state index contributed by atoms with van der Waals surface area (Å²) in [5, 5.41) is 14.1. The lowest BCUT2D eigenvalue weighted by atomic mass is 9.95. The van der Waals surface area contributed by atoms with Gasteiger partial charge in [0.05, 0.1) is 37.9 Å². The number of rotatable bonds is 5. The molecule has 1 aliphatic carbocycles. The quantitative estimate of drug-likeness (QED) is 0.733. The second-order valence-corrected chi connectivity index (χ2v) is 8.10. The van der Waals surface area contributed by atoms with Crippen LogP contribution in [0, 0.1) is 0 Å². The van der Waals surface area contributed by atoms with E-state index in [4.69, 9.17) is 14.2 Å². The van der Waals surface area contributed by atoms with E-state index >= 15 is 0 Å². The van der Waals surface area contributed by atoms with E-state index in [-0.39, 0.29) is 30.3 Å². The summed E-state index contributed by atoms with van der Waals surface area (Å²) < 4.78 is 17.4. The van der Waals surface area contributed by atoms with E-state index in [0.29, 0.717) is 51.7 Å². The van der Waals surface area contributed by atoms with E-state index in [1.165, 1.54) is 32.1 Å². The van der Waals surface area contributed by atoms with Gasteiger partial charge in [0.15, 0.2) is 0 Å². The first-order valence-corrected chi connectivity index (χ1v) is 10.3. The molecule has 0 spiro atoms. The summed E-state index contributed by atoms with van der Waals surface area (Å²) >= 11 is 0. The molecule has 7 heteroatoms. The van der Waals surface area contributed by atoms with Crippen LogP contribution in [0.3, 0.4) is 0 Å². The minimum atomic E-state index is -0.612. The van der Waals surface area contributed by atoms with Crippen LogP contribution in [0.5, 0.6) is 0 Å². The summed E-state index contributed by atoms with van der Waals surface area (Å²) in [5.74, 6) is 0.114. The molecule has 1 amide bonds. The molecule has 3 heterocycles. The maximum Gasteiger partial charge on any atom is 0.225 e. The van der Waals surface area contributed by atoms with Crippen molar-refractivity contribution in [2.24, 2.45) is 0 Å². The number of fused-ring (bicyclic) bond motifs is 1. The van der Waals surface area contributed by atoms with Gasteiger partial charge in [0.1, 0.15) is 12.2 Å². The van der Waals surface area contributed by atoms with E-state index in [9.17, 15) is 9.90 Å². The fourth-order valence-corrected chi connectivity index (χ4v) is 4.74. The van der Waals surface area contributed by atoms with Crippen LogP contribution in [0.1, 0.15) is 44.9 Å². The third-order valence-corrected chi connectivity index (χ3v) is 6.26. The van der Waals surface area contributed by atoms with E-state index in [2.05, 4.69) is 5.32 Å². The maximum atomic E-state index is 12.4. The molecule has 2 N–H and O–H groups in total. The Morgan fingerprint density at radius 1 is 1.12 bits per heavy atom. The molecule has 26 heavy (non-hydrogen) atoms. The summed E-state index contributed by atoms with van der Waals surface area (Å²) in [7, 11) is 0. The molecule has 0 aromatic rings. The molecule has 148 valence electrons. The van der Waals surface area contributed by atoms with Crippen LogP contribution in [0.25, 0.3) is 0 Å². The van der Waals surface area contributed by atoms with Crippen molar-refractivity contribution in [3.63, 3.8) is 0 Å². The maximum absolute atomic E-state index is 12.4. The molecule has 3 saturated heterocycles. The number of hydrogen-bond donors (Lipinski definition) is 2. The monoisotopic (exact) mass is 368 g/mol. The second-order valence-electron chi connectivity index (χ2n) is 8.10. The zero-order valence-corrected chi connectivity index (χ0v) is 15.5. The lowest BCUT2D eigenvalue weighted by Gasteiger charge is -2.28. The largest absolute Gasteiger partial charge is 0.388 e. The van der Waals surface area contributed by atoms with Gasteiger partial charge in [-0.1, -0.05) is 19.3 Å². The lowest BCUT2D eigenvalue weighted by molar-refractivity contribution is -0.138. The summed E-state index contributed by atoms with van der Waals surface area (Å²) in [6.45, 7) is 3.22. The van der Waals surface area contributed by atoms with E-state index in [1.54, 1.807) is 0 Å². The Hall–Kier alpha value is -0.730. The van der Waals surface area contributed by atoms with Crippen molar-refractivity contribution >= 4 is 5.91 Å². The number of aliphatic hydroxyl groups excluding tert-OH is 1. The van der Waals surface area contributed by atoms with Gasteiger partial charge in [-0.2, -0.15) is 0 Å². The first kappa shape index (κ1) is 18.6. The third kappa shape index (κ3) is 4.22. The van der Waals surface area contributed by atoms with Crippen LogP contribution in [0.4, 0.5) is 0 Å². The summed E-state index contributed by atoms with van der Waals surface area (Å²) in [5.41, 5.74) is 0. The molecule has 0 aromatic heterocycles. The summed E-state index contributed by atoms with van der Waals surface area (Å²) in [4.78, 5) is 14.2. The third-order valence-electron chi connectivity index (χ3n) is 6.26. The van der Waals surface area contributed by atoms with E-state index < -0.39 is 6.10 Å². The molecule has 0 radical (unpaired) electrons. The van der Waals surface area contributed by atoms with Crippen molar-refractivity contribution in [3.05, 3.63) is 0 Å². The lowest BCUT2D eigenvalue weighted by Crippen LogP contribution is -2.43. The molecule has 0 bridgehead atoms. The smallest absolute Gasteiger partial charge is 0.225 e. The molecule has 5 atom stereocenters. The predicted molar refractivity (Wildman–Crippen MR) is 94.8 cm³/mol. The van der Waals surface area contributed by atoms with Gasteiger partial charge in [-0.25, -0.2) is 0 Å². The first-order valence-electron chi connectivity index (χ1n) is 10.3. The summed E-state index contributed by atoms with van der Waals surface area (Å²) in [6, 6.07) is 0.555. The van der Waals surface area contributed by atoms with Gasteiger partial charge in [0.25, 0.3) is 0 Å². The zero-order chi connectivity index (χ0) is 17.9. The van der Waals surface area contributed by atoms with Crippen LogP contribution in [-0.2, 0) is 19.0 Å². The van der Waals surface area contributed by atoms with Gasteiger partial charge in [-0.15, -0.1) is 0 Å². The molecule has 3 aliphatic heterocycles. The Kier molecular flexibility index (Phi) is 6.10. The number of carbonyl (C=O) groups is 1. The molecule has 0 aromatic carbocycles. The molecule has 7 nitrogen and oxygen atoms in total. The molecule has 4 fully saturated rings. The van der Waals surface area contributed by atoms with Gasteiger partial charge >= 0.3 is 0 Å². The predicted octanol–water partition coefficient (Wildman–Crippen LogP) is 0.443. The van der Waals surface area contributed by atoms with Crippen LogP contribution in [-0.4, -0.2) is 85.3 Å². The molecular formula is C19H32N2O5. The van der Waals surface area contributed by atoms with Crippen LogP contribution in [0.2, 0.25) is 0 Å². The average Bonchev–Trinajstić information content (AvgIpc) is 3.20. The van der Waals surface area contributed by atoms with Crippen LogP contribution in [0.15, 0.2) is 0 Å². The van der Waals surface area contributed by atoms with Gasteiger partial charge in [0, 0.05) is 32.1 Å². The zero-order valence-electron chi connectivity index (χ0n) is 15.5. The highest BCUT2D eigenvalue weighted by atomic mass is 16.6. The average molecular weight is 368 g/mol. The van der Waals surface area contributed by atoms with Crippen molar-refractivity contribution in [2.75, 3.05) is 32.8 Å². The number of aliphatic hydroxyl groups is 1. The molecule has 4 rings (SSSR count). The highest BCUT2D eigenvalue weighted by Gasteiger charge is 2.50. The molecule has 1 saturated carbocycles. The van der Waals surface area contributed by atoms with Crippen molar-refractivity contribution in [2.45, 2.75) is 81.5 Å². The van der Waals surface area contributed by atoms with Crippen molar-refractivity contribution in [1.29, 1.82) is 0 Å². The number of amides is 1. The number of carbonyl (C=O) groups excluding carboxylic acids is 1. The van der Waals surface area contributed by atoms with Crippen molar-refractivity contribution in [3.8, 4) is 0 Å². The molecule has 5 unspecified atom stereocenters. The Morgan fingerprint density at radius 3 is 2.62 bits per heavy atom. The van der Waals surface area contributed by atoms with Gasteiger partial charge in [-0.05, 0) is 12.8 Å². The normalized spacial score (nSPS) is 38.5. The Balaban J connectivity index is 1.21. The standard InChI is InChI=1S/C19H32N2O5/c22-17(21-6-8-24-9-7-21)11-14-10-15-19(25-14)18(23)16(26-15)12-20-13-4-2-1-3-5-13/h13-16,18-20,23H,1-12H2. The highest BCUT2D eigenvalue weighted by Crippen LogP contribution is 2.35. The van der Waals surface area contributed by atoms with Crippen LogP contribution < -0.4 is 5.32 Å². The number of nitrogens with one attached hydrogen (secondary N) is 1. The second kappa shape index (κ2) is 8.52. The minimum absolute atomic E-state index is 0.0920. The number of nitrogens with zero attached hydrogens (tertiary/aromatic N) is 1. The summed E-state index contributed by atoms with van der Waals surface area (Å²) in [6.07, 6.45) is 6.06. The van der Waals surface area contributed by atoms with Crippen molar-refractivity contribution < 1.29 is 24.1 Å². The minimum Gasteiger partial charge on any atom is -0.388 e. The van der Waals surface area contributed by atoms with Gasteiger partial charge < -0.3 is 29.5 Å².